The Balaban J connectivity index is 1.83. The molecule has 0 atom stereocenters. The first-order valence-electron chi connectivity index (χ1n) is 7.15. The van der Waals surface area contributed by atoms with Crippen LogP contribution in [0.25, 0.3) is 5.69 Å². The molecule has 0 spiro atoms. The van der Waals surface area contributed by atoms with Gasteiger partial charge < -0.3 is 9.30 Å². The smallest absolute Gasteiger partial charge is 0.269 e. The first-order chi connectivity index (χ1) is 11.7. The summed E-state index contributed by atoms with van der Waals surface area (Å²) in [6.45, 7) is 0. The van der Waals surface area contributed by atoms with Gasteiger partial charge in [-0.25, -0.2) is 0 Å². The molecule has 3 aromatic rings. The molecule has 0 unspecified atom stereocenters. The summed E-state index contributed by atoms with van der Waals surface area (Å²) in [6, 6.07) is 17.2. The minimum absolute atomic E-state index is 0.0237. The number of aromatic nitrogens is 1. The van der Waals surface area contributed by atoms with Crippen LogP contribution in [0.3, 0.4) is 0 Å². The van der Waals surface area contributed by atoms with Gasteiger partial charge in [-0.3, -0.25) is 10.1 Å². The molecule has 0 N–H and O–H groups in total. The predicted octanol–water partition coefficient (Wildman–Crippen LogP) is 4.81. The highest BCUT2D eigenvalue weighted by Crippen LogP contribution is 2.25. The van der Waals surface area contributed by atoms with Crippen molar-refractivity contribution >= 4 is 17.2 Å². The Kier molecular flexibility index (Phi) is 4.33. The van der Waals surface area contributed by atoms with E-state index in [1.165, 1.54) is 12.1 Å². The zero-order chi connectivity index (χ0) is 16.9. The summed E-state index contributed by atoms with van der Waals surface area (Å²) in [5, 5.41) is 19.0. The molecule has 24 heavy (non-hydrogen) atoms. The van der Waals surface area contributed by atoms with E-state index < -0.39 is 4.92 Å². The summed E-state index contributed by atoms with van der Waals surface area (Å²) in [4.78, 5) is 10.2. The maximum atomic E-state index is 10.6. The zero-order valence-electron chi connectivity index (χ0n) is 12.9. The highest BCUT2D eigenvalue weighted by atomic mass is 16.6. The van der Waals surface area contributed by atoms with Crippen LogP contribution < -0.4 is 4.74 Å². The van der Waals surface area contributed by atoms with Crippen LogP contribution in [0, 0.1) is 10.1 Å². The second-order valence-corrected chi connectivity index (χ2v) is 4.91. The number of non-ortho nitro benzene ring substituents is 1. The standard InChI is InChI=1S/C17H14N4O3/c1-24-16-10-8-14(9-11-16)20-12-2-3-17(20)19-18-13-4-6-15(7-5-13)21(22)23/h2-12H,1H3. The maximum absolute atomic E-state index is 10.6. The Bertz CT molecular complexity index is 868. The van der Waals surface area contributed by atoms with Gasteiger partial charge in [0.15, 0.2) is 5.82 Å². The summed E-state index contributed by atoms with van der Waals surface area (Å²) >= 11 is 0. The van der Waals surface area contributed by atoms with Crippen molar-refractivity contribution in [2.75, 3.05) is 7.11 Å². The molecule has 7 nitrogen and oxygen atoms in total. The third kappa shape index (κ3) is 3.30. The first-order valence-corrected chi connectivity index (χ1v) is 7.15. The molecule has 0 bridgehead atoms. The van der Waals surface area contributed by atoms with E-state index in [4.69, 9.17) is 4.74 Å². The molecule has 0 radical (unpaired) electrons. The Hall–Kier alpha value is -3.48. The van der Waals surface area contributed by atoms with E-state index in [-0.39, 0.29) is 5.69 Å². The van der Waals surface area contributed by atoms with Crippen molar-refractivity contribution in [3.8, 4) is 11.4 Å². The molecule has 0 saturated heterocycles. The molecule has 0 aliphatic rings. The van der Waals surface area contributed by atoms with Gasteiger partial charge in [0, 0.05) is 24.0 Å². The zero-order valence-corrected chi connectivity index (χ0v) is 12.9. The average molecular weight is 322 g/mol. The fourth-order valence-electron chi connectivity index (χ4n) is 2.16. The van der Waals surface area contributed by atoms with Crippen LogP contribution in [-0.2, 0) is 0 Å². The Morgan fingerprint density at radius 1 is 1.00 bits per heavy atom. The summed E-state index contributed by atoms with van der Waals surface area (Å²) < 4.78 is 7.03. The monoisotopic (exact) mass is 322 g/mol. The summed E-state index contributed by atoms with van der Waals surface area (Å²) in [6.07, 6.45) is 1.88. The van der Waals surface area contributed by atoms with Gasteiger partial charge in [-0.2, -0.15) is 0 Å². The third-order valence-electron chi connectivity index (χ3n) is 3.41. The van der Waals surface area contributed by atoms with Gasteiger partial charge in [0.1, 0.15) is 5.75 Å². The van der Waals surface area contributed by atoms with Crippen molar-refractivity contribution in [1.82, 2.24) is 4.57 Å². The van der Waals surface area contributed by atoms with Crippen LogP contribution >= 0.6 is 0 Å². The number of nitro groups is 1. The molecule has 0 fully saturated rings. The second kappa shape index (κ2) is 6.74. The number of hydrogen-bond acceptors (Lipinski definition) is 5. The van der Waals surface area contributed by atoms with Crippen LogP contribution in [0.2, 0.25) is 0 Å². The van der Waals surface area contributed by atoms with E-state index in [1.807, 2.05) is 47.2 Å². The first kappa shape index (κ1) is 15.4. The number of methoxy groups -OCH3 is 1. The summed E-state index contributed by atoms with van der Waals surface area (Å²) in [7, 11) is 1.62. The van der Waals surface area contributed by atoms with Gasteiger partial charge in [-0.05, 0) is 48.5 Å². The van der Waals surface area contributed by atoms with Crippen LogP contribution in [0.1, 0.15) is 0 Å². The Morgan fingerprint density at radius 3 is 2.33 bits per heavy atom. The Morgan fingerprint density at radius 2 is 1.71 bits per heavy atom. The van der Waals surface area contributed by atoms with E-state index in [9.17, 15) is 10.1 Å². The van der Waals surface area contributed by atoms with Crippen molar-refractivity contribution < 1.29 is 9.66 Å². The van der Waals surface area contributed by atoms with E-state index in [0.717, 1.165) is 11.4 Å². The third-order valence-corrected chi connectivity index (χ3v) is 3.41. The molecule has 1 aromatic heterocycles. The highest BCUT2D eigenvalue weighted by molar-refractivity contribution is 5.47. The fraction of sp³-hybridized carbons (Fsp3) is 0.0588. The van der Waals surface area contributed by atoms with Crippen LogP contribution in [0.4, 0.5) is 17.2 Å². The van der Waals surface area contributed by atoms with Gasteiger partial charge >= 0.3 is 0 Å². The lowest BCUT2D eigenvalue weighted by Gasteiger charge is -2.06. The number of hydrogen-bond donors (Lipinski definition) is 0. The minimum atomic E-state index is -0.449. The lowest BCUT2D eigenvalue weighted by molar-refractivity contribution is -0.384. The normalized spacial score (nSPS) is 10.9. The van der Waals surface area contributed by atoms with Gasteiger partial charge in [0.05, 0.1) is 17.7 Å². The predicted molar refractivity (Wildman–Crippen MR) is 89.6 cm³/mol. The van der Waals surface area contributed by atoms with Crippen LogP contribution in [-0.4, -0.2) is 16.6 Å². The summed E-state index contributed by atoms with van der Waals surface area (Å²) in [5.41, 5.74) is 1.50. The van der Waals surface area contributed by atoms with Crippen molar-refractivity contribution in [1.29, 1.82) is 0 Å². The largest absolute Gasteiger partial charge is 0.497 e. The van der Waals surface area contributed by atoms with Gasteiger partial charge in [-0.1, -0.05) is 0 Å². The number of azo groups is 1. The van der Waals surface area contributed by atoms with Crippen molar-refractivity contribution in [2.24, 2.45) is 10.2 Å². The molecule has 0 amide bonds. The Labute approximate surface area is 138 Å². The van der Waals surface area contributed by atoms with Crippen molar-refractivity contribution in [3.63, 3.8) is 0 Å². The van der Waals surface area contributed by atoms with E-state index in [0.29, 0.717) is 11.5 Å². The molecule has 3 rings (SSSR count). The molecular weight excluding hydrogens is 308 g/mol. The molecule has 7 heteroatoms. The van der Waals surface area contributed by atoms with E-state index in [2.05, 4.69) is 10.2 Å². The SMILES string of the molecule is COc1ccc(-n2cccc2N=Nc2ccc([N+](=O)[O-])cc2)cc1. The molecule has 0 aliphatic heterocycles. The van der Waals surface area contributed by atoms with E-state index >= 15 is 0 Å². The maximum Gasteiger partial charge on any atom is 0.269 e. The molecule has 1 heterocycles. The van der Waals surface area contributed by atoms with Gasteiger partial charge in [-0.15, -0.1) is 10.2 Å². The van der Waals surface area contributed by atoms with Gasteiger partial charge in [0.2, 0.25) is 0 Å². The number of rotatable bonds is 5. The van der Waals surface area contributed by atoms with Crippen molar-refractivity contribution in [3.05, 3.63) is 77.0 Å². The molecule has 2 aromatic carbocycles. The lowest BCUT2D eigenvalue weighted by Crippen LogP contribution is -1.91. The van der Waals surface area contributed by atoms with Gasteiger partial charge in [0.25, 0.3) is 5.69 Å². The summed E-state index contributed by atoms with van der Waals surface area (Å²) in [5.74, 6) is 1.43. The average Bonchev–Trinajstić information content (AvgIpc) is 3.09. The van der Waals surface area contributed by atoms with E-state index in [1.54, 1.807) is 19.2 Å². The lowest BCUT2D eigenvalue weighted by atomic mass is 10.3. The minimum Gasteiger partial charge on any atom is -0.497 e. The number of ether oxygens (including phenoxy) is 1. The topological polar surface area (TPSA) is 82.0 Å². The molecule has 0 aliphatic carbocycles. The van der Waals surface area contributed by atoms with Crippen molar-refractivity contribution in [2.45, 2.75) is 0 Å². The highest BCUT2D eigenvalue weighted by Gasteiger charge is 2.05. The van der Waals surface area contributed by atoms with Crippen LogP contribution in [0.15, 0.2) is 77.1 Å². The second-order valence-electron chi connectivity index (χ2n) is 4.91. The van der Waals surface area contributed by atoms with Crippen LogP contribution in [0.5, 0.6) is 5.75 Å². The molecule has 120 valence electrons. The number of nitrogens with zero attached hydrogens (tertiary/aromatic N) is 4. The fourth-order valence-corrected chi connectivity index (χ4v) is 2.16. The molecule has 0 saturated carbocycles. The quantitative estimate of drug-likeness (QED) is 0.384. The molecular formula is C17H14N4O3. The number of benzene rings is 2. The number of nitro benzene ring substituents is 1.